The third-order valence-electron chi connectivity index (χ3n) is 4.46. The highest BCUT2D eigenvalue weighted by molar-refractivity contribution is 8.00. The number of nitrogens with zero attached hydrogens (tertiary/aromatic N) is 1. The Kier molecular flexibility index (Phi) is 5.99. The van der Waals surface area contributed by atoms with Crippen molar-refractivity contribution in [2.24, 2.45) is 0 Å². The SMILES string of the molecule is Cc1ccc(C)c(SCC(=O)OCC(=O)N2CCCc3ccccc32)c1. The predicted molar refractivity (Wildman–Crippen MR) is 105 cm³/mol. The maximum atomic E-state index is 12.5. The van der Waals surface area contributed by atoms with Gasteiger partial charge in [-0.1, -0.05) is 35.9 Å². The van der Waals surface area contributed by atoms with Crippen LogP contribution in [0.3, 0.4) is 0 Å². The molecule has 0 saturated carbocycles. The lowest BCUT2D eigenvalue weighted by molar-refractivity contribution is -0.145. The summed E-state index contributed by atoms with van der Waals surface area (Å²) < 4.78 is 5.21. The number of amides is 1. The third-order valence-corrected chi connectivity index (χ3v) is 5.59. The second-order valence-corrected chi connectivity index (χ2v) is 7.51. The molecule has 0 aliphatic carbocycles. The Morgan fingerprint density at radius 3 is 2.81 bits per heavy atom. The highest BCUT2D eigenvalue weighted by Crippen LogP contribution is 2.27. The van der Waals surface area contributed by atoms with E-state index in [4.69, 9.17) is 4.74 Å². The molecule has 0 radical (unpaired) electrons. The van der Waals surface area contributed by atoms with Crippen molar-refractivity contribution in [3.8, 4) is 0 Å². The van der Waals surface area contributed by atoms with Crippen LogP contribution in [0.5, 0.6) is 0 Å². The Bertz CT molecular complexity index is 819. The van der Waals surface area contributed by atoms with Gasteiger partial charge in [0.15, 0.2) is 6.61 Å². The minimum Gasteiger partial charge on any atom is -0.455 e. The fraction of sp³-hybridized carbons (Fsp3) is 0.333. The normalized spacial score (nSPS) is 13.2. The molecular weight excluding hydrogens is 346 g/mol. The molecule has 26 heavy (non-hydrogen) atoms. The number of aryl methyl sites for hydroxylation is 3. The van der Waals surface area contributed by atoms with E-state index in [0.29, 0.717) is 6.54 Å². The highest BCUT2D eigenvalue weighted by Gasteiger charge is 2.23. The van der Waals surface area contributed by atoms with Crippen molar-refractivity contribution >= 4 is 29.3 Å². The van der Waals surface area contributed by atoms with Crippen LogP contribution in [0.15, 0.2) is 47.4 Å². The van der Waals surface area contributed by atoms with Gasteiger partial charge in [-0.25, -0.2) is 0 Å². The maximum Gasteiger partial charge on any atom is 0.316 e. The van der Waals surface area contributed by atoms with E-state index in [1.54, 1.807) is 4.90 Å². The van der Waals surface area contributed by atoms with Crippen LogP contribution in [0.2, 0.25) is 0 Å². The minimum atomic E-state index is -0.366. The number of ether oxygens (including phenoxy) is 1. The molecule has 1 amide bonds. The molecule has 136 valence electrons. The molecule has 0 atom stereocenters. The molecule has 1 aliphatic heterocycles. The van der Waals surface area contributed by atoms with Crippen LogP contribution >= 0.6 is 11.8 Å². The molecule has 0 N–H and O–H groups in total. The first kappa shape index (κ1) is 18.5. The summed E-state index contributed by atoms with van der Waals surface area (Å²) in [5.41, 5.74) is 4.40. The summed E-state index contributed by atoms with van der Waals surface area (Å²) in [5.74, 6) is -0.328. The fourth-order valence-corrected chi connectivity index (χ4v) is 3.98. The molecule has 0 unspecified atom stereocenters. The number of para-hydroxylation sites is 1. The van der Waals surface area contributed by atoms with Gasteiger partial charge in [0.25, 0.3) is 5.91 Å². The summed E-state index contributed by atoms with van der Waals surface area (Å²) in [5, 5.41) is 0. The molecule has 5 heteroatoms. The van der Waals surface area contributed by atoms with Gasteiger partial charge in [0, 0.05) is 17.1 Å². The molecule has 1 aliphatic rings. The Labute approximate surface area is 158 Å². The molecule has 0 aromatic heterocycles. The van der Waals surface area contributed by atoms with Gasteiger partial charge in [0.05, 0.1) is 5.75 Å². The standard InChI is InChI=1S/C21H23NO3S/c1-15-9-10-16(2)19(12-15)26-14-21(24)25-13-20(23)22-11-5-7-17-6-3-4-8-18(17)22/h3-4,6,8-10,12H,5,7,11,13-14H2,1-2H3. The zero-order chi connectivity index (χ0) is 18.5. The number of carbonyl (C=O) groups excluding carboxylic acids is 2. The summed E-state index contributed by atoms with van der Waals surface area (Å²) in [6.45, 7) is 4.51. The van der Waals surface area contributed by atoms with Crippen molar-refractivity contribution in [2.45, 2.75) is 31.6 Å². The number of fused-ring (bicyclic) bond motifs is 1. The number of hydrogen-bond acceptors (Lipinski definition) is 4. The molecule has 0 bridgehead atoms. The summed E-state index contributed by atoms with van der Waals surface area (Å²) in [4.78, 5) is 27.3. The number of carbonyl (C=O) groups is 2. The van der Waals surface area contributed by atoms with Crippen molar-refractivity contribution in [3.63, 3.8) is 0 Å². The lowest BCUT2D eigenvalue weighted by Gasteiger charge is -2.29. The maximum absolute atomic E-state index is 12.5. The van der Waals surface area contributed by atoms with Gasteiger partial charge in [0.1, 0.15) is 0 Å². The molecule has 0 spiro atoms. The molecule has 2 aromatic carbocycles. The first-order chi connectivity index (χ1) is 12.5. The van der Waals surface area contributed by atoms with E-state index < -0.39 is 0 Å². The van der Waals surface area contributed by atoms with Gasteiger partial charge in [-0.05, 0) is 49.9 Å². The Morgan fingerprint density at radius 2 is 1.96 bits per heavy atom. The van der Waals surface area contributed by atoms with Gasteiger partial charge in [0.2, 0.25) is 0 Å². The smallest absolute Gasteiger partial charge is 0.316 e. The van der Waals surface area contributed by atoms with E-state index in [-0.39, 0.29) is 24.2 Å². The van der Waals surface area contributed by atoms with Gasteiger partial charge < -0.3 is 9.64 Å². The first-order valence-electron chi connectivity index (χ1n) is 8.78. The van der Waals surface area contributed by atoms with E-state index in [1.807, 2.05) is 50.2 Å². The van der Waals surface area contributed by atoms with Crippen LogP contribution in [-0.2, 0) is 20.7 Å². The van der Waals surface area contributed by atoms with Gasteiger partial charge in [-0.3, -0.25) is 9.59 Å². The van der Waals surface area contributed by atoms with Crippen LogP contribution in [-0.4, -0.2) is 30.8 Å². The molecule has 1 heterocycles. The average Bonchev–Trinajstić information content (AvgIpc) is 2.66. The summed E-state index contributed by atoms with van der Waals surface area (Å²) >= 11 is 1.45. The van der Waals surface area contributed by atoms with Crippen molar-refractivity contribution in [1.29, 1.82) is 0 Å². The van der Waals surface area contributed by atoms with Crippen LogP contribution in [0.25, 0.3) is 0 Å². The van der Waals surface area contributed by atoms with Crippen molar-refractivity contribution < 1.29 is 14.3 Å². The first-order valence-corrected chi connectivity index (χ1v) is 9.77. The molecule has 0 saturated heterocycles. The third kappa shape index (κ3) is 4.47. The number of esters is 1. The van der Waals surface area contributed by atoms with Crippen LogP contribution in [0.4, 0.5) is 5.69 Å². The van der Waals surface area contributed by atoms with Crippen molar-refractivity contribution in [3.05, 3.63) is 59.2 Å². The van der Waals surface area contributed by atoms with Crippen molar-refractivity contribution in [2.75, 3.05) is 23.8 Å². The number of rotatable bonds is 5. The summed E-state index contributed by atoms with van der Waals surface area (Å²) in [7, 11) is 0. The van der Waals surface area contributed by atoms with Crippen molar-refractivity contribution in [1.82, 2.24) is 0 Å². The monoisotopic (exact) mass is 369 g/mol. The van der Waals surface area contributed by atoms with Gasteiger partial charge in [-0.15, -0.1) is 11.8 Å². The topological polar surface area (TPSA) is 46.6 Å². The van der Waals surface area contributed by atoms with Crippen LogP contribution < -0.4 is 4.90 Å². The quantitative estimate of drug-likeness (QED) is 0.592. The summed E-state index contributed by atoms with van der Waals surface area (Å²) in [6, 6.07) is 14.1. The van der Waals surface area contributed by atoms with E-state index in [2.05, 4.69) is 6.07 Å². The number of hydrogen-bond donors (Lipinski definition) is 0. The second kappa shape index (κ2) is 8.41. The number of anilines is 1. The zero-order valence-electron chi connectivity index (χ0n) is 15.2. The molecular formula is C21H23NO3S. The number of thioether (sulfide) groups is 1. The van der Waals surface area contributed by atoms with Gasteiger partial charge in [-0.2, -0.15) is 0 Å². The largest absolute Gasteiger partial charge is 0.455 e. The minimum absolute atomic E-state index is 0.165. The van der Waals surface area contributed by atoms with Gasteiger partial charge >= 0.3 is 5.97 Å². The Hall–Kier alpha value is -2.27. The van der Waals surface area contributed by atoms with E-state index in [1.165, 1.54) is 17.3 Å². The molecule has 3 rings (SSSR count). The lowest BCUT2D eigenvalue weighted by Crippen LogP contribution is -2.38. The van der Waals surface area contributed by atoms with E-state index in [0.717, 1.165) is 34.6 Å². The molecule has 4 nitrogen and oxygen atoms in total. The van der Waals surface area contributed by atoms with Crippen LogP contribution in [0.1, 0.15) is 23.1 Å². The average molecular weight is 369 g/mol. The van der Waals surface area contributed by atoms with E-state index in [9.17, 15) is 9.59 Å². The Balaban J connectivity index is 1.52. The molecule has 2 aromatic rings. The summed E-state index contributed by atoms with van der Waals surface area (Å²) in [6.07, 6.45) is 1.91. The Morgan fingerprint density at radius 1 is 1.15 bits per heavy atom. The van der Waals surface area contributed by atoms with E-state index >= 15 is 0 Å². The fourth-order valence-electron chi connectivity index (χ4n) is 3.05. The number of benzene rings is 2. The predicted octanol–water partition coefficient (Wildman–Crippen LogP) is 3.92. The highest BCUT2D eigenvalue weighted by atomic mass is 32.2. The zero-order valence-corrected chi connectivity index (χ0v) is 16.0. The lowest BCUT2D eigenvalue weighted by atomic mass is 10.0. The molecule has 0 fully saturated rings. The second-order valence-electron chi connectivity index (χ2n) is 6.50. The van der Waals surface area contributed by atoms with Crippen LogP contribution in [0, 0.1) is 13.8 Å².